The molecular formula is C11H11BFNO2. The molecule has 1 aromatic rings. The molecule has 0 saturated heterocycles. The zero-order valence-electron chi connectivity index (χ0n) is 8.65. The van der Waals surface area contributed by atoms with Crippen LogP contribution in [-0.4, -0.2) is 17.2 Å². The summed E-state index contributed by atoms with van der Waals surface area (Å²) in [6, 6.07) is 6.34. The molecule has 0 spiro atoms. The highest BCUT2D eigenvalue weighted by molar-refractivity contribution is 6.58. The number of hydrogen-bond acceptors (Lipinski definition) is 3. The first-order valence-corrected chi connectivity index (χ1v) is 5.16. The largest absolute Gasteiger partial charge is 0.491 e. The molecule has 0 heterocycles. The smallest absolute Gasteiger partial charge is 0.423 e. The van der Waals surface area contributed by atoms with E-state index in [1.807, 2.05) is 0 Å². The van der Waals surface area contributed by atoms with Gasteiger partial charge in [0, 0.05) is 5.46 Å². The Hall–Kier alpha value is -1.38. The molecule has 1 saturated carbocycles. The van der Waals surface area contributed by atoms with Crippen LogP contribution in [0.1, 0.15) is 24.8 Å². The second kappa shape index (κ2) is 3.89. The zero-order valence-corrected chi connectivity index (χ0v) is 8.65. The summed E-state index contributed by atoms with van der Waals surface area (Å²) < 4.78 is 13.2. The van der Waals surface area contributed by atoms with Crippen LogP contribution < -0.4 is 5.46 Å². The maximum Gasteiger partial charge on any atom is 0.491 e. The number of nitrogens with zero attached hydrogens (tertiary/aromatic N) is 1. The van der Waals surface area contributed by atoms with Gasteiger partial charge < -0.3 is 10.0 Å². The van der Waals surface area contributed by atoms with Crippen molar-refractivity contribution in [2.24, 2.45) is 0 Å². The minimum Gasteiger partial charge on any atom is -0.423 e. The third kappa shape index (κ3) is 1.60. The first-order valence-electron chi connectivity index (χ1n) is 5.16. The molecule has 3 nitrogen and oxygen atoms in total. The average Bonchev–Trinajstić information content (AvgIpc) is 2.19. The first-order chi connectivity index (χ1) is 7.59. The molecule has 0 atom stereocenters. The van der Waals surface area contributed by atoms with Crippen molar-refractivity contribution in [3.05, 3.63) is 29.6 Å². The van der Waals surface area contributed by atoms with Crippen molar-refractivity contribution in [3.63, 3.8) is 0 Å². The van der Waals surface area contributed by atoms with Crippen LogP contribution in [0, 0.1) is 17.1 Å². The monoisotopic (exact) mass is 219 g/mol. The Morgan fingerprint density at radius 1 is 1.38 bits per heavy atom. The van der Waals surface area contributed by atoms with E-state index >= 15 is 0 Å². The highest BCUT2D eigenvalue weighted by atomic mass is 19.1. The molecule has 16 heavy (non-hydrogen) atoms. The predicted molar refractivity (Wildman–Crippen MR) is 57.4 cm³/mol. The minimum absolute atomic E-state index is 0.168. The molecule has 2 rings (SSSR count). The van der Waals surface area contributed by atoms with Crippen molar-refractivity contribution in [1.82, 2.24) is 0 Å². The Labute approximate surface area is 93.3 Å². The summed E-state index contributed by atoms with van der Waals surface area (Å²) in [5, 5.41) is 27.1. The summed E-state index contributed by atoms with van der Waals surface area (Å²) in [7, 11) is -1.84. The molecule has 0 bridgehead atoms. The van der Waals surface area contributed by atoms with Crippen LogP contribution in [0.3, 0.4) is 0 Å². The first kappa shape index (κ1) is 11.1. The minimum atomic E-state index is -1.84. The van der Waals surface area contributed by atoms with Gasteiger partial charge in [0.15, 0.2) is 0 Å². The lowest BCUT2D eigenvalue weighted by Crippen LogP contribution is -2.37. The fourth-order valence-electron chi connectivity index (χ4n) is 2.03. The second-order valence-corrected chi connectivity index (χ2v) is 4.16. The summed E-state index contributed by atoms with van der Waals surface area (Å²) >= 11 is 0. The Morgan fingerprint density at radius 3 is 2.50 bits per heavy atom. The summed E-state index contributed by atoms with van der Waals surface area (Å²) in [5.41, 5.74) is -0.0538. The van der Waals surface area contributed by atoms with E-state index in [1.54, 1.807) is 6.07 Å². The van der Waals surface area contributed by atoms with Gasteiger partial charge in [-0.05, 0) is 30.9 Å². The van der Waals surface area contributed by atoms with E-state index in [1.165, 1.54) is 12.1 Å². The van der Waals surface area contributed by atoms with Gasteiger partial charge in [-0.15, -0.1) is 0 Å². The van der Waals surface area contributed by atoms with Crippen LogP contribution in [0.25, 0.3) is 0 Å². The van der Waals surface area contributed by atoms with Gasteiger partial charge in [0.1, 0.15) is 5.82 Å². The van der Waals surface area contributed by atoms with E-state index in [9.17, 15) is 4.39 Å². The van der Waals surface area contributed by atoms with Crippen LogP contribution in [0.5, 0.6) is 0 Å². The standard InChI is InChI=1S/C11H11BFNO2/c13-10-3-2-8(6-9(10)12(15)16)11(7-14)4-1-5-11/h2-3,6,15-16H,1,4-5H2. The van der Waals surface area contributed by atoms with E-state index in [-0.39, 0.29) is 5.46 Å². The molecular weight excluding hydrogens is 208 g/mol. The molecule has 0 aliphatic heterocycles. The van der Waals surface area contributed by atoms with E-state index in [0.29, 0.717) is 5.56 Å². The van der Waals surface area contributed by atoms with Gasteiger partial charge in [0.2, 0.25) is 0 Å². The SMILES string of the molecule is N#CC1(c2ccc(F)c(B(O)O)c2)CCC1. The molecule has 0 amide bonds. The van der Waals surface area contributed by atoms with Gasteiger partial charge in [-0.25, -0.2) is 4.39 Å². The van der Waals surface area contributed by atoms with Crippen molar-refractivity contribution in [1.29, 1.82) is 5.26 Å². The summed E-state index contributed by atoms with van der Waals surface area (Å²) in [5.74, 6) is -0.661. The van der Waals surface area contributed by atoms with Crippen molar-refractivity contribution in [3.8, 4) is 6.07 Å². The number of halogens is 1. The lowest BCUT2D eigenvalue weighted by molar-refractivity contribution is 0.324. The molecule has 0 unspecified atom stereocenters. The average molecular weight is 219 g/mol. The summed E-state index contributed by atoms with van der Waals surface area (Å²) in [4.78, 5) is 0. The highest BCUT2D eigenvalue weighted by Crippen LogP contribution is 2.42. The van der Waals surface area contributed by atoms with Crippen molar-refractivity contribution in [2.75, 3.05) is 0 Å². The predicted octanol–water partition coefficient (Wildman–Crippen LogP) is 0.451. The van der Waals surface area contributed by atoms with Crippen molar-refractivity contribution < 1.29 is 14.4 Å². The second-order valence-electron chi connectivity index (χ2n) is 4.16. The maximum absolute atomic E-state index is 13.2. The summed E-state index contributed by atoms with van der Waals surface area (Å²) in [6.07, 6.45) is 2.47. The van der Waals surface area contributed by atoms with E-state index in [0.717, 1.165) is 19.3 Å². The van der Waals surface area contributed by atoms with Gasteiger partial charge in [0.25, 0.3) is 0 Å². The Balaban J connectivity index is 2.44. The van der Waals surface area contributed by atoms with Crippen LogP contribution >= 0.6 is 0 Å². The molecule has 2 N–H and O–H groups in total. The Bertz CT molecular complexity index is 452. The maximum atomic E-state index is 13.2. The van der Waals surface area contributed by atoms with Crippen molar-refractivity contribution >= 4 is 12.6 Å². The van der Waals surface area contributed by atoms with Crippen LogP contribution in [0.4, 0.5) is 4.39 Å². The summed E-state index contributed by atoms with van der Waals surface area (Å²) in [6.45, 7) is 0. The molecule has 5 heteroatoms. The molecule has 1 fully saturated rings. The quantitative estimate of drug-likeness (QED) is 0.709. The lowest BCUT2D eigenvalue weighted by Gasteiger charge is -2.35. The fraction of sp³-hybridized carbons (Fsp3) is 0.364. The molecule has 1 aliphatic carbocycles. The van der Waals surface area contributed by atoms with Gasteiger partial charge in [0.05, 0.1) is 11.5 Å². The molecule has 0 aromatic heterocycles. The molecule has 1 aliphatic rings. The molecule has 82 valence electrons. The number of rotatable bonds is 2. The zero-order chi connectivity index (χ0) is 11.8. The van der Waals surface area contributed by atoms with Gasteiger partial charge >= 0.3 is 7.12 Å². The third-order valence-corrected chi connectivity index (χ3v) is 3.25. The Kier molecular flexibility index (Phi) is 2.70. The van der Waals surface area contributed by atoms with Gasteiger partial charge in [-0.1, -0.05) is 12.1 Å². The fourth-order valence-corrected chi connectivity index (χ4v) is 2.03. The van der Waals surface area contributed by atoms with E-state index < -0.39 is 18.4 Å². The molecule has 0 radical (unpaired) electrons. The lowest BCUT2D eigenvalue weighted by atomic mass is 9.64. The third-order valence-electron chi connectivity index (χ3n) is 3.25. The topological polar surface area (TPSA) is 64.2 Å². The Morgan fingerprint density at radius 2 is 2.06 bits per heavy atom. The number of nitriles is 1. The molecule has 1 aromatic carbocycles. The number of hydrogen-bond donors (Lipinski definition) is 2. The van der Waals surface area contributed by atoms with Crippen LogP contribution in [0.15, 0.2) is 18.2 Å². The van der Waals surface area contributed by atoms with Gasteiger partial charge in [-0.2, -0.15) is 5.26 Å². The van der Waals surface area contributed by atoms with Crippen LogP contribution in [-0.2, 0) is 5.41 Å². The number of benzene rings is 1. The van der Waals surface area contributed by atoms with Crippen molar-refractivity contribution in [2.45, 2.75) is 24.7 Å². The van der Waals surface area contributed by atoms with E-state index in [2.05, 4.69) is 6.07 Å². The normalized spacial score (nSPS) is 17.4. The van der Waals surface area contributed by atoms with Gasteiger partial charge in [-0.3, -0.25) is 0 Å². The van der Waals surface area contributed by atoms with E-state index in [4.69, 9.17) is 15.3 Å². The van der Waals surface area contributed by atoms with Crippen LogP contribution in [0.2, 0.25) is 0 Å². The highest BCUT2D eigenvalue weighted by Gasteiger charge is 2.39.